The van der Waals surface area contributed by atoms with E-state index in [1.807, 2.05) is 31.2 Å². The Bertz CT molecular complexity index is 1450. The molecular weight excluding hydrogens is 594 g/mol. The standard InChI is InChI=1S/C33H33Cl2FN2O5/c1-2-4-26(31(39)37-18-3-5-27(37)33(41)42)38-29(21-8-12-23(34)13-9-21)30(22-10-14-24(35)15-11-22)43-28(32(38)40)19-20-6-16-25(36)17-7-20/h6-17,26-30H,2-5,18-19H2,1H3,(H,41,42)/t26-,27+,28+,29-,30+/m1/s1. The number of likely N-dealkylation sites (tertiary alicyclic amines) is 1. The summed E-state index contributed by atoms with van der Waals surface area (Å²) in [6.07, 6.45) is 0.292. The first kappa shape index (κ1) is 31.0. The van der Waals surface area contributed by atoms with Crippen molar-refractivity contribution in [1.29, 1.82) is 0 Å². The summed E-state index contributed by atoms with van der Waals surface area (Å²) >= 11 is 12.5. The van der Waals surface area contributed by atoms with E-state index >= 15 is 0 Å². The summed E-state index contributed by atoms with van der Waals surface area (Å²) in [5, 5.41) is 10.9. The van der Waals surface area contributed by atoms with E-state index in [1.165, 1.54) is 17.0 Å². The molecule has 5 atom stereocenters. The molecule has 2 fully saturated rings. The van der Waals surface area contributed by atoms with E-state index in [2.05, 4.69) is 0 Å². The highest BCUT2D eigenvalue weighted by Gasteiger charge is 2.50. The van der Waals surface area contributed by atoms with Crippen LogP contribution in [-0.2, 0) is 25.5 Å². The lowest BCUT2D eigenvalue weighted by Crippen LogP contribution is -2.60. The normalized spacial score (nSPS) is 22.9. The zero-order valence-corrected chi connectivity index (χ0v) is 25.2. The molecule has 0 radical (unpaired) electrons. The molecule has 2 saturated heterocycles. The average molecular weight is 628 g/mol. The van der Waals surface area contributed by atoms with Crippen LogP contribution in [-0.4, -0.2) is 57.4 Å². The molecule has 0 saturated carbocycles. The second-order valence-corrected chi connectivity index (χ2v) is 11.9. The third kappa shape index (κ3) is 6.71. The predicted octanol–water partition coefficient (Wildman–Crippen LogP) is 6.63. The van der Waals surface area contributed by atoms with E-state index in [0.717, 1.165) is 5.56 Å². The molecule has 2 aliphatic rings. The monoisotopic (exact) mass is 626 g/mol. The number of ether oxygens (including phenoxy) is 1. The van der Waals surface area contributed by atoms with Gasteiger partial charge in [-0.2, -0.15) is 0 Å². The molecule has 3 aromatic rings. The minimum Gasteiger partial charge on any atom is -0.480 e. The van der Waals surface area contributed by atoms with Gasteiger partial charge in [-0.1, -0.05) is 72.9 Å². The number of carboxylic acids is 1. The van der Waals surface area contributed by atoms with Crippen molar-refractivity contribution in [3.05, 3.63) is 105 Å². The Morgan fingerprint density at radius 1 is 0.977 bits per heavy atom. The molecule has 1 N–H and O–H groups in total. The second-order valence-electron chi connectivity index (χ2n) is 11.0. The van der Waals surface area contributed by atoms with Crippen LogP contribution in [0.15, 0.2) is 72.8 Å². The number of benzene rings is 3. The van der Waals surface area contributed by atoms with Crippen molar-refractivity contribution >= 4 is 41.0 Å². The smallest absolute Gasteiger partial charge is 0.326 e. The van der Waals surface area contributed by atoms with Gasteiger partial charge in [0.1, 0.15) is 30.1 Å². The van der Waals surface area contributed by atoms with Gasteiger partial charge in [0.2, 0.25) is 5.91 Å². The highest BCUT2D eigenvalue weighted by Crippen LogP contribution is 2.45. The predicted molar refractivity (Wildman–Crippen MR) is 161 cm³/mol. The SMILES string of the molecule is CCC[C@H](C(=O)N1CCC[C@H]1C(=O)O)N1C(=O)[C@H](Cc2ccc(F)cc2)O[C@@H](c2ccc(Cl)cc2)[C@H]1c1ccc(Cl)cc1. The number of halogens is 3. The molecule has 0 spiro atoms. The van der Waals surface area contributed by atoms with E-state index in [0.29, 0.717) is 53.4 Å². The van der Waals surface area contributed by atoms with E-state index < -0.39 is 53.9 Å². The number of carbonyl (C=O) groups is 3. The van der Waals surface area contributed by atoms with E-state index in [9.17, 15) is 23.9 Å². The Balaban J connectivity index is 1.64. The maximum Gasteiger partial charge on any atom is 0.326 e. The van der Waals surface area contributed by atoms with Gasteiger partial charge in [0.25, 0.3) is 5.91 Å². The lowest BCUT2D eigenvalue weighted by Gasteiger charge is -2.48. The average Bonchev–Trinajstić information content (AvgIpc) is 3.49. The molecule has 0 aromatic heterocycles. The van der Waals surface area contributed by atoms with Crippen molar-refractivity contribution < 1.29 is 28.6 Å². The Morgan fingerprint density at radius 2 is 1.58 bits per heavy atom. The largest absolute Gasteiger partial charge is 0.480 e. The molecule has 0 aliphatic carbocycles. The first-order valence-corrected chi connectivity index (χ1v) is 15.2. The molecular formula is C33H33Cl2FN2O5. The van der Waals surface area contributed by atoms with Crippen molar-refractivity contribution in [2.75, 3.05) is 6.54 Å². The third-order valence-corrected chi connectivity index (χ3v) is 8.68. The molecule has 2 aliphatic heterocycles. The molecule has 5 rings (SSSR count). The number of rotatable bonds is 9. The third-order valence-electron chi connectivity index (χ3n) is 8.18. The number of amides is 2. The number of aliphatic carboxylic acids is 1. The molecule has 43 heavy (non-hydrogen) atoms. The molecule has 0 unspecified atom stereocenters. The fourth-order valence-electron chi connectivity index (χ4n) is 6.12. The zero-order valence-electron chi connectivity index (χ0n) is 23.7. The molecule has 7 nitrogen and oxygen atoms in total. The lowest BCUT2D eigenvalue weighted by molar-refractivity contribution is -0.183. The molecule has 2 heterocycles. The van der Waals surface area contributed by atoms with Gasteiger partial charge in [-0.15, -0.1) is 0 Å². The van der Waals surface area contributed by atoms with Crippen molar-refractivity contribution in [3.8, 4) is 0 Å². The van der Waals surface area contributed by atoms with Crippen LogP contribution in [0.4, 0.5) is 4.39 Å². The van der Waals surface area contributed by atoms with E-state index in [1.54, 1.807) is 41.3 Å². The summed E-state index contributed by atoms with van der Waals surface area (Å²) in [5.41, 5.74) is 2.16. The minimum atomic E-state index is -1.06. The Kier molecular flexibility index (Phi) is 9.69. The van der Waals surface area contributed by atoms with Crippen molar-refractivity contribution in [3.63, 3.8) is 0 Å². The van der Waals surface area contributed by atoms with Crippen LogP contribution in [0.3, 0.4) is 0 Å². The van der Waals surface area contributed by atoms with Gasteiger partial charge >= 0.3 is 5.97 Å². The van der Waals surface area contributed by atoms with Crippen LogP contribution in [0.5, 0.6) is 0 Å². The van der Waals surface area contributed by atoms with Crippen LogP contribution >= 0.6 is 23.2 Å². The van der Waals surface area contributed by atoms with Gasteiger partial charge in [0, 0.05) is 23.0 Å². The molecule has 2 amide bonds. The van der Waals surface area contributed by atoms with Crippen LogP contribution in [0, 0.1) is 5.82 Å². The number of morpholine rings is 1. The minimum absolute atomic E-state index is 0.154. The first-order chi connectivity index (χ1) is 20.7. The molecule has 0 bridgehead atoms. The van der Waals surface area contributed by atoms with E-state index in [4.69, 9.17) is 27.9 Å². The number of hydrogen-bond acceptors (Lipinski definition) is 4. The Morgan fingerprint density at radius 3 is 2.16 bits per heavy atom. The second kappa shape index (κ2) is 13.5. The van der Waals surface area contributed by atoms with Crippen LogP contribution < -0.4 is 0 Å². The number of carboxylic acid groups (broad SMARTS) is 1. The maximum atomic E-state index is 14.5. The van der Waals surface area contributed by atoms with Gasteiger partial charge in [-0.05, 0) is 72.4 Å². The number of carbonyl (C=O) groups excluding carboxylic acids is 2. The summed E-state index contributed by atoms with van der Waals surface area (Å²) in [7, 11) is 0. The van der Waals surface area contributed by atoms with Crippen LogP contribution in [0.25, 0.3) is 0 Å². The van der Waals surface area contributed by atoms with Crippen LogP contribution in [0.2, 0.25) is 10.0 Å². The summed E-state index contributed by atoms with van der Waals surface area (Å²) < 4.78 is 20.3. The molecule has 226 valence electrons. The lowest BCUT2D eigenvalue weighted by atomic mass is 9.88. The van der Waals surface area contributed by atoms with Gasteiger partial charge in [-0.25, -0.2) is 9.18 Å². The first-order valence-electron chi connectivity index (χ1n) is 14.4. The van der Waals surface area contributed by atoms with Gasteiger partial charge in [0.15, 0.2) is 0 Å². The summed E-state index contributed by atoms with van der Waals surface area (Å²) in [5.74, 6) is -2.24. The van der Waals surface area contributed by atoms with Crippen molar-refractivity contribution in [1.82, 2.24) is 9.80 Å². The van der Waals surface area contributed by atoms with Gasteiger partial charge < -0.3 is 19.6 Å². The quantitative estimate of drug-likeness (QED) is 0.288. The zero-order chi connectivity index (χ0) is 30.7. The van der Waals surface area contributed by atoms with Gasteiger partial charge in [0.05, 0.1) is 6.04 Å². The summed E-state index contributed by atoms with van der Waals surface area (Å²) in [6, 6.07) is 17.5. The van der Waals surface area contributed by atoms with Gasteiger partial charge in [-0.3, -0.25) is 9.59 Å². The fourth-order valence-corrected chi connectivity index (χ4v) is 6.37. The highest BCUT2D eigenvalue weighted by molar-refractivity contribution is 6.30. The highest BCUT2D eigenvalue weighted by atomic mass is 35.5. The summed E-state index contributed by atoms with van der Waals surface area (Å²) in [6.45, 7) is 2.23. The number of nitrogens with zero attached hydrogens (tertiary/aromatic N) is 2. The van der Waals surface area contributed by atoms with Crippen molar-refractivity contribution in [2.24, 2.45) is 0 Å². The Labute approximate surface area is 260 Å². The summed E-state index contributed by atoms with van der Waals surface area (Å²) in [4.78, 5) is 43.8. The topological polar surface area (TPSA) is 87.2 Å². The molecule has 10 heteroatoms. The fraction of sp³-hybridized carbons (Fsp3) is 0.364. The Hall–Kier alpha value is -3.46. The van der Waals surface area contributed by atoms with Crippen molar-refractivity contribution in [2.45, 2.75) is 69.4 Å². The van der Waals surface area contributed by atoms with Crippen LogP contribution in [0.1, 0.15) is 61.4 Å². The number of hydrogen-bond donors (Lipinski definition) is 1. The van der Waals surface area contributed by atoms with E-state index in [-0.39, 0.29) is 6.42 Å². The maximum absolute atomic E-state index is 14.5. The molecule has 3 aromatic carbocycles.